The van der Waals surface area contributed by atoms with Crippen LogP contribution in [0.2, 0.25) is 0 Å². The molecule has 0 aliphatic carbocycles. The number of hydrogen-bond acceptors (Lipinski definition) is 22. The second-order valence-corrected chi connectivity index (χ2v) is 20.1. The van der Waals surface area contributed by atoms with Gasteiger partial charge in [0.15, 0.2) is 0 Å². The van der Waals surface area contributed by atoms with Crippen LogP contribution in [0.25, 0.3) is 0 Å². The highest BCUT2D eigenvalue weighted by Gasteiger charge is 2.15. The van der Waals surface area contributed by atoms with Crippen LogP contribution in [0.4, 0.5) is 0 Å². The predicted molar refractivity (Wildman–Crippen MR) is 317 cm³/mol. The molecule has 0 aromatic carbocycles. The summed E-state index contributed by atoms with van der Waals surface area (Å²) in [5.74, 6) is 5.70. The number of carbonyl (C=O) groups excluding carboxylic acids is 5. The zero-order chi connectivity index (χ0) is 61.8. The van der Waals surface area contributed by atoms with Gasteiger partial charge in [0.2, 0.25) is 23.6 Å². The monoisotopic (exact) mass is 1210 g/mol. The summed E-state index contributed by atoms with van der Waals surface area (Å²) in [5, 5.41) is 12.9. The first-order chi connectivity index (χ1) is 40.7. The molecular formula is C58H113N7O19. The van der Waals surface area contributed by atoms with Crippen LogP contribution < -0.4 is 32.8 Å². The van der Waals surface area contributed by atoms with Crippen LogP contribution >= 0.6 is 0 Å². The number of hydrazine groups is 1. The van der Waals surface area contributed by atoms with Crippen molar-refractivity contribution in [2.24, 2.45) is 17.5 Å². The summed E-state index contributed by atoms with van der Waals surface area (Å²) in [4.78, 5) is 61.8. The molecule has 0 aromatic rings. The summed E-state index contributed by atoms with van der Waals surface area (Å²) in [6.45, 7) is 23.4. The molecule has 0 saturated heterocycles. The predicted octanol–water partition coefficient (Wildman–Crippen LogP) is 2.36. The third-order valence-electron chi connectivity index (χ3n) is 11.8. The fourth-order valence-corrected chi connectivity index (χ4v) is 6.89. The Kier molecular flexibility index (Phi) is 58.3. The van der Waals surface area contributed by atoms with Gasteiger partial charge in [-0.15, -0.1) is 0 Å². The molecule has 26 nitrogen and oxygen atoms in total. The lowest BCUT2D eigenvalue weighted by Crippen LogP contribution is -2.42. The van der Waals surface area contributed by atoms with E-state index in [4.69, 9.17) is 77.9 Å². The number of hydrogen-bond donors (Lipinski definition) is 6. The van der Waals surface area contributed by atoms with Gasteiger partial charge in [-0.05, 0) is 52.9 Å². The first-order valence-electron chi connectivity index (χ1n) is 30.5. The van der Waals surface area contributed by atoms with Crippen LogP contribution in [0, 0.1) is 5.92 Å². The van der Waals surface area contributed by atoms with Gasteiger partial charge >= 0.3 is 0 Å². The van der Waals surface area contributed by atoms with E-state index in [2.05, 4.69) is 28.2 Å². The number of ether oxygens (including phenoxy) is 14. The molecule has 0 fully saturated rings. The fourth-order valence-electron chi connectivity index (χ4n) is 6.89. The Morgan fingerprint density at radius 1 is 0.417 bits per heavy atom. The van der Waals surface area contributed by atoms with E-state index in [0.717, 1.165) is 19.3 Å². The van der Waals surface area contributed by atoms with Crippen molar-refractivity contribution in [2.75, 3.05) is 198 Å². The molecule has 2 unspecified atom stereocenters. The number of ketones is 1. The molecule has 84 heavy (non-hydrogen) atoms. The third-order valence-corrected chi connectivity index (χ3v) is 11.8. The number of rotatable bonds is 65. The topological polar surface area (TPSA) is 318 Å². The number of carbonyl (C=O) groups is 5. The summed E-state index contributed by atoms with van der Waals surface area (Å²) in [7, 11) is 0. The van der Waals surface area contributed by atoms with Crippen molar-refractivity contribution in [2.45, 2.75) is 130 Å². The van der Waals surface area contributed by atoms with E-state index in [1.807, 2.05) is 34.6 Å². The Balaban J connectivity index is 4.44. The van der Waals surface area contributed by atoms with E-state index in [9.17, 15) is 24.0 Å². The second kappa shape index (κ2) is 61.0. The van der Waals surface area contributed by atoms with E-state index in [-0.39, 0.29) is 93.2 Å². The minimum absolute atomic E-state index is 0.0248. The van der Waals surface area contributed by atoms with Gasteiger partial charge in [-0.2, -0.15) is 0 Å². The SMILES string of the molecule is CCC(C)OCCOCCOCCOCCNC(=O)CCOCC(COCCC(=O)NCCOCCOCCOCCOC(C)C)NC(=O)CCCCCN(N)/C=C(\N)CCCC(=O)NCCOCCOCCOCCOCCC(=O)C(C)C. The zero-order valence-corrected chi connectivity index (χ0v) is 52.2. The molecule has 0 aromatic heterocycles. The summed E-state index contributed by atoms with van der Waals surface area (Å²) in [6.07, 6.45) is 7.37. The Morgan fingerprint density at radius 2 is 0.798 bits per heavy atom. The molecule has 0 bridgehead atoms. The molecule has 494 valence electrons. The van der Waals surface area contributed by atoms with Crippen molar-refractivity contribution in [1.29, 1.82) is 0 Å². The highest BCUT2D eigenvalue weighted by Crippen LogP contribution is 2.06. The molecule has 0 saturated carbocycles. The number of Topliss-reactive ketones (excluding diaryl/α,β-unsaturated/α-hetero) is 1. The van der Waals surface area contributed by atoms with E-state index >= 15 is 0 Å². The molecule has 0 rings (SSSR count). The molecule has 0 spiro atoms. The molecule has 4 amide bonds. The number of nitrogens with two attached hydrogens (primary N) is 2. The molecule has 0 aliphatic heterocycles. The number of allylic oxidation sites excluding steroid dienone is 1. The average molecular weight is 1210 g/mol. The summed E-state index contributed by atoms with van der Waals surface area (Å²) in [6, 6.07) is -0.519. The summed E-state index contributed by atoms with van der Waals surface area (Å²) >= 11 is 0. The van der Waals surface area contributed by atoms with E-state index in [1.54, 1.807) is 6.20 Å². The third kappa shape index (κ3) is 60.0. The van der Waals surface area contributed by atoms with Crippen molar-refractivity contribution < 1.29 is 90.3 Å². The largest absolute Gasteiger partial charge is 0.401 e. The Hall–Kier alpha value is -3.71. The van der Waals surface area contributed by atoms with Crippen LogP contribution in [-0.2, 0) is 90.3 Å². The van der Waals surface area contributed by atoms with Crippen LogP contribution in [0.5, 0.6) is 0 Å². The van der Waals surface area contributed by atoms with Gasteiger partial charge in [-0.3, -0.25) is 24.0 Å². The van der Waals surface area contributed by atoms with Crippen LogP contribution in [-0.4, -0.2) is 251 Å². The first-order valence-corrected chi connectivity index (χ1v) is 30.5. The fraction of sp³-hybridized carbons (Fsp3) is 0.879. The Morgan fingerprint density at radius 3 is 1.23 bits per heavy atom. The number of unbranched alkanes of at least 4 members (excludes halogenated alkanes) is 2. The quantitative estimate of drug-likeness (QED) is 0.0289. The average Bonchev–Trinajstić information content (AvgIpc) is 3.47. The van der Waals surface area contributed by atoms with Crippen molar-refractivity contribution in [3.8, 4) is 0 Å². The maximum absolute atomic E-state index is 13.0. The van der Waals surface area contributed by atoms with Crippen molar-refractivity contribution in [3.05, 3.63) is 11.9 Å². The number of nitrogens with one attached hydrogen (secondary N) is 4. The lowest BCUT2D eigenvalue weighted by atomic mass is 10.1. The first kappa shape index (κ1) is 80.3. The van der Waals surface area contributed by atoms with Crippen molar-refractivity contribution >= 4 is 29.4 Å². The second-order valence-electron chi connectivity index (χ2n) is 20.1. The van der Waals surface area contributed by atoms with Crippen LogP contribution in [0.3, 0.4) is 0 Å². The van der Waals surface area contributed by atoms with Crippen LogP contribution in [0.1, 0.15) is 112 Å². The zero-order valence-electron chi connectivity index (χ0n) is 52.2. The number of amides is 4. The van der Waals surface area contributed by atoms with Crippen LogP contribution in [0.15, 0.2) is 11.9 Å². The molecule has 0 heterocycles. The maximum atomic E-state index is 13.0. The van der Waals surface area contributed by atoms with Gasteiger partial charge in [0.25, 0.3) is 0 Å². The van der Waals surface area contributed by atoms with E-state index < -0.39 is 6.04 Å². The molecule has 2 atom stereocenters. The molecular weight excluding hydrogens is 1100 g/mol. The highest BCUT2D eigenvalue weighted by molar-refractivity contribution is 5.80. The summed E-state index contributed by atoms with van der Waals surface area (Å²) < 4.78 is 77.4. The van der Waals surface area contributed by atoms with E-state index in [0.29, 0.717) is 209 Å². The van der Waals surface area contributed by atoms with E-state index in [1.165, 1.54) is 5.01 Å². The summed E-state index contributed by atoms with van der Waals surface area (Å²) in [5.41, 5.74) is 6.74. The van der Waals surface area contributed by atoms with Crippen molar-refractivity contribution in [3.63, 3.8) is 0 Å². The van der Waals surface area contributed by atoms with Gasteiger partial charge in [-0.25, -0.2) is 5.84 Å². The lowest BCUT2D eigenvalue weighted by molar-refractivity contribution is -0.125. The minimum Gasteiger partial charge on any atom is -0.401 e. The van der Waals surface area contributed by atoms with Gasteiger partial charge in [0.05, 0.1) is 190 Å². The van der Waals surface area contributed by atoms with Crippen molar-refractivity contribution in [1.82, 2.24) is 26.3 Å². The Bertz CT molecular complexity index is 1590. The normalized spacial score (nSPS) is 12.5. The minimum atomic E-state index is -0.519. The highest BCUT2D eigenvalue weighted by atomic mass is 16.6. The van der Waals surface area contributed by atoms with Gasteiger partial charge in [-0.1, -0.05) is 27.2 Å². The van der Waals surface area contributed by atoms with Gasteiger partial charge in [0.1, 0.15) is 5.78 Å². The number of nitrogens with zero attached hydrogens (tertiary/aromatic N) is 1. The Labute approximate surface area is 502 Å². The standard InChI is InChI=1S/C58H113N7O19/c1-7-51(6)84-45-43-80-41-39-78-35-31-74-27-20-63-57(69)17-24-82-48-53(47-81-23-16-56(68)62-19-26-73-30-34-77-38-40-79-42-44-83-50(4)5)64-58(70)13-9-8-10-21-65(60)46-52(59)12-11-14-55(67)61-18-25-72-29-33-76-37-36-75-32-28-71-22-15-54(66)49(2)3/h46,49-51,53H,7-45,47-48,59-60H2,1-6H3,(H,61,67)(H,62,68)(H,63,69)(H,64,70)/b52-46-. The molecule has 0 aliphatic rings. The van der Waals surface area contributed by atoms with Gasteiger partial charge in [0, 0.05) is 76.1 Å². The lowest BCUT2D eigenvalue weighted by Gasteiger charge is -2.19. The molecule has 8 N–H and O–H groups in total. The molecule has 26 heteroatoms. The molecule has 0 radical (unpaired) electrons. The smallest absolute Gasteiger partial charge is 0.222 e. The maximum Gasteiger partial charge on any atom is 0.222 e. The van der Waals surface area contributed by atoms with Gasteiger partial charge < -0.3 is 98.3 Å².